The lowest BCUT2D eigenvalue weighted by Gasteiger charge is -2.11. The minimum Gasteiger partial charge on any atom is -0.309 e. The van der Waals surface area contributed by atoms with Crippen LogP contribution in [0, 0.1) is 0 Å². The van der Waals surface area contributed by atoms with Gasteiger partial charge in [-0.3, -0.25) is 0 Å². The van der Waals surface area contributed by atoms with Crippen LogP contribution in [-0.4, -0.2) is 39.0 Å². The summed E-state index contributed by atoms with van der Waals surface area (Å²) in [6.07, 6.45) is 0. The molecule has 0 saturated carbocycles. The highest BCUT2D eigenvalue weighted by Gasteiger charge is 2.23. The highest BCUT2D eigenvalue weighted by Crippen LogP contribution is 2.49. The van der Waals surface area contributed by atoms with Crippen molar-refractivity contribution in [3.05, 3.63) is 303 Å². The van der Waals surface area contributed by atoms with E-state index < -0.39 is 0 Å². The number of aromatic nitrogens is 8. The van der Waals surface area contributed by atoms with Gasteiger partial charge in [0.15, 0.2) is 34.9 Å². The molecule has 22 aromatic rings. The van der Waals surface area contributed by atoms with Gasteiger partial charge in [-0.15, -0.1) is 45.3 Å². The first kappa shape index (κ1) is 57.5. The molecule has 8 nitrogen and oxygen atoms in total. The molecule has 0 aliphatic heterocycles. The maximum atomic E-state index is 5.36. The van der Waals surface area contributed by atoms with E-state index in [2.05, 4.69) is 276 Å². The smallest absolute Gasteiger partial charge is 0.164 e. The summed E-state index contributed by atoms with van der Waals surface area (Å²) in [5, 5.41) is 14.9. The van der Waals surface area contributed by atoms with E-state index in [1.54, 1.807) is 0 Å². The number of thiophene rings is 4. The first-order valence-electron chi connectivity index (χ1n) is 34.0. The molecule has 0 bridgehead atoms. The van der Waals surface area contributed by atoms with E-state index in [1.165, 1.54) is 136 Å². The van der Waals surface area contributed by atoms with Gasteiger partial charge >= 0.3 is 0 Å². The normalized spacial score (nSPS) is 12.1. The Morgan fingerprint density at radius 3 is 0.931 bits per heavy atom. The van der Waals surface area contributed by atoms with Gasteiger partial charge in [0.1, 0.15) is 0 Å². The molecule has 12 heteroatoms. The molecule has 0 aliphatic rings. The predicted octanol–water partition coefficient (Wildman–Crippen LogP) is 25.4. The number of nitrogens with zero attached hydrogens (tertiary/aromatic N) is 8. The Morgan fingerprint density at radius 1 is 0.176 bits per heavy atom. The van der Waals surface area contributed by atoms with Crippen LogP contribution in [0.25, 0.3) is 215 Å². The number of rotatable bonds is 9. The Hall–Kier alpha value is -12.4. The van der Waals surface area contributed by atoms with E-state index in [0.717, 1.165) is 44.5 Å². The molecule has 102 heavy (non-hydrogen) atoms. The summed E-state index contributed by atoms with van der Waals surface area (Å²) in [7, 11) is 0. The monoisotopic (exact) mass is 1370 g/mol. The average Bonchev–Trinajstić information content (AvgIpc) is 1.57. The highest BCUT2D eigenvalue weighted by atomic mass is 32.1. The van der Waals surface area contributed by atoms with E-state index in [1.807, 2.05) is 81.7 Å². The van der Waals surface area contributed by atoms with Crippen molar-refractivity contribution in [3.63, 3.8) is 0 Å². The molecule has 22 rings (SSSR count). The summed E-state index contributed by atoms with van der Waals surface area (Å²) >= 11 is 7.39. The van der Waals surface area contributed by atoms with E-state index in [4.69, 9.17) is 29.9 Å². The van der Waals surface area contributed by atoms with Gasteiger partial charge in [-0.05, 0) is 132 Å². The van der Waals surface area contributed by atoms with Crippen LogP contribution in [0.5, 0.6) is 0 Å². The van der Waals surface area contributed by atoms with Gasteiger partial charge in [0.05, 0.1) is 33.4 Å². The fourth-order valence-corrected chi connectivity index (χ4v) is 20.1. The standard InChI is InChI=1S/C90H50N8S4/c1-3-19-51(20-4-1)85-91-87(95-89(93-85)57-39-41-75-63(45-57)65-47-67-82(50-81(65)100-75)102-77-37-17-35-73(83(67)77)97-69-31-11-7-27-59(69)60-28-8-12-32-70(60)97)55-25-15-23-53(43-55)54-24-16-26-56(44-54)88-92-86(52-21-5-2-6-22-52)94-90(96-88)58-40-42-76-64(46-58)66-48-80-68(49-79(66)99-76)84-74(36-18-38-78(84)101-80)98-71-33-13-9-29-61(71)62-30-10-14-34-72(62)98/h1-50H. The SMILES string of the molecule is c1ccc(-c2nc(-c3cccc(-c4cccc(-c5nc(-c6ccccc6)nc(-c6ccc7sc8cc9sc%10cccc(-n%11c%12ccccc%12c%12ccccc%12%11)c%10c9cc8c7c6)n5)c4)c3)nc(-c3ccc4sc5cc6c(cc5c4c3)sc3cccc(-n4c5ccccc5c5ccccc54)c36)n2)cc1. The fraction of sp³-hybridized carbons (Fsp3) is 0. The molecule has 0 saturated heterocycles. The van der Waals surface area contributed by atoms with E-state index in [9.17, 15) is 0 Å². The molecule has 14 aromatic carbocycles. The largest absolute Gasteiger partial charge is 0.309 e. The van der Waals surface area contributed by atoms with Crippen LogP contribution in [0.15, 0.2) is 303 Å². The van der Waals surface area contributed by atoms with Crippen LogP contribution in [0.4, 0.5) is 0 Å². The Bertz CT molecular complexity index is 7170. The molecule has 0 N–H and O–H groups in total. The van der Waals surface area contributed by atoms with Crippen LogP contribution in [-0.2, 0) is 0 Å². The van der Waals surface area contributed by atoms with Crippen molar-refractivity contribution in [2.24, 2.45) is 0 Å². The van der Waals surface area contributed by atoms with Crippen molar-refractivity contribution in [3.8, 4) is 90.8 Å². The molecular formula is C90H50N8S4. The minimum atomic E-state index is 0.582. The Labute approximate surface area is 598 Å². The Balaban J connectivity index is 0.627. The third-order valence-corrected chi connectivity index (χ3v) is 24.7. The molecule has 0 fully saturated rings. The number of fused-ring (bicyclic) bond motifs is 18. The molecule has 0 unspecified atom stereocenters. The first-order valence-corrected chi connectivity index (χ1v) is 37.2. The quantitative estimate of drug-likeness (QED) is 0.143. The molecule has 0 aliphatic carbocycles. The molecular weight excluding hydrogens is 1320 g/mol. The van der Waals surface area contributed by atoms with Crippen LogP contribution in [0.2, 0.25) is 0 Å². The lowest BCUT2D eigenvalue weighted by Crippen LogP contribution is -2.00. The number of hydrogen-bond acceptors (Lipinski definition) is 10. The maximum Gasteiger partial charge on any atom is 0.164 e. The molecule has 0 amide bonds. The zero-order chi connectivity index (χ0) is 66.7. The molecule has 0 radical (unpaired) electrons. The summed E-state index contributed by atoms with van der Waals surface area (Å²) in [4.78, 5) is 31.7. The van der Waals surface area contributed by atoms with Gasteiger partial charge in [0.25, 0.3) is 0 Å². The third kappa shape index (κ3) is 9.03. The molecule has 8 heterocycles. The van der Waals surface area contributed by atoms with Gasteiger partial charge in [-0.25, -0.2) is 29.9 Å². The number of para-hydroxylation sites is 4. The Kier molecular flexibility index (Phi) is 12.7. The van der Waals surface area contributed by atoms with Gasteiger partial charge in [0, 0.05) is 136 Å². The minimum absolute atomic E-state index is 0.582. The van der Waals surface area contributed by atoms with Crippen LogP contribution >= 0.6 is 45.3 Å². The van der Waals surface area contributed by atoms with E-state index in [0.29, 0.717) is 34.9 Å². The van der Waals surface area contributed by atoms with E-state index in [-0.39, 0.29) is 0 Å². The summed E-state index contributed by atoms with van der Waals surface area (Å²) in [5.41, 5.74) is 14.6. The fourth-order valence-electron chi connectivity index (χ4n) is 15.5. The summed E-state index contributed by atoms with van der Waals surface area (Å²) < 4.78 is 14.9. The van der Waals surface area contributed by atoms with E-state index >= 15 is 0 Å². The van der Waals surface area contributed by atoms with Crippen LogP contribution in [0.3, 0.4) is 0 Å². The van der Waals surface area contributed by atoms with Crippen molar-refractivity contribution in [1.29, 1.82) is 0 Å². The zero-order valence-electron chi connectivity index (χ0n) is 54.1. The second-order valence-corrected chi connectivity index (χ2v) is 30.4. The topological polar surface area (TPSA) is 87.2 Å². The van der Waals surface area contributed by atoms with Gasteiger partial charge in [-0.2, -0.15) is 0 Å². The zero-order valence-corrected chi connectivity index (χ0v) is 57.3. The van der Waals surface area contributed by atoms with Crippen molar-refractivity contribution >= 4 is 170 Å². The lowest BCUT2D eigenvalue weighted by atomic mass is 10.0. The number of benzene rings is 14. The summed E-state index contributed by atoms with van der Waals surface area (Å²) in [5.74, 6) is 3.59. The highest BCUT2D eigenvalue weighted by molar-refractivity contribution is 7.28. The van der Waals surface area contributed by atoms with Crippen molar-refractivity contribution in [1.82, 2.24) is 39.0 Å². The second-order valence-electron chi connectivity index (χ2n) is 26.1. The molecule has 474 valence electrons. The van der Waals surface area contributed by atoms with Crippen LogP contribution < -0.4 is 0 Å². The van der Waals surface area contributed by atoms with Crippen molar-refractivity contribution in [2.75, 3.05) is 0 Å². The van der Waals surface area contributed by atoms with Gasteiger partial charge < -0.3 is 9.13 Å². The van der Waals surface area contributed by atoms with Crippen molar-refractivity contribution in [2.45, 2.75) is 0 Å². The maximum absolute atomic E-state index is 5.36. The first-order chi connectivity index (χ1) is 50.5. The average molecular weight is 1370 g/mol. The second kappa shape index (κ2) is 22.5. The van der Waals surface area contributed by atoms with Gasteiger partial charge in [0.2, 0.25) is 0 Å². The molecule has 0 spiro atoms. The number of hydrogen-bond donors (Lipinski definition) is 0. The third-order valence-electron chi connectivity index (χ3n) is 20.2. The molecule has 0 atom stereocenters. The van der Waals surface area contributed by atoms with Gasteiger partial charge in [-0.1, -0.05) is 182 Å². The van der Waals surface area contributed by atoms with Crippen molar-refractivity contribution < 1.29 is 0 Å². The Morgan fingerprint density at radius 2 is 0.480 bits per heavy atom. The van der Waals surface area contributed by atoms with Crippen LogP contribution in [0.1, 0.15) is 0 Å². The summed E-state index contributed by atoms with van der Waals surface area (Å²) in [6, 6.07) is 109. The molecule has 8 aromatic heterocycles. The summed E-state index contributed by atoms with van der Waals surface area (Å²) in [6.45, 7) is 0. The predicted molar refractivity (Wildman–Crippen MR) is 431 cm³/mol. The lowest BCUT2D eigenvalue weighted by molar-refractivity contribution is 1.07.